The molecule has 0 saturated heterocycles. The second-order valence-corrected chi connectivity index (χ2v) is 5.00. The third-order valence-corrected chi connectivity index (χ3v) is 3.31. The Balaban J connectivity index is 2.01. The minimum atomic E-state index is -0.401. The van der Waals surface area contributed by atoms with E-state index >= 15 is 0 Å². The fourth-order valence-electron chi connectivity index (χ4n) is 1.92. The Morgan fingerprint density at radius 2 is 2.26 bits per heavy atom. The van der Waals surface area contributed by atoms with E-state index < -0.39 is 5.82 Å². The van der Waals surface area contributed by atoms with Crippen molar-refractivity contribution in [2.24, 2.45) is 5.73 Å². The van der Waals surface area contributed by atoms with Gasteiger partial charge in [-0.1, -0.05) is 6.07 Å². The Morgan fingerprint density at radius 3 is 2.84 bits per heavy atom. The molecule has 1 aliphatic carbocycles. The molecule has 1 aromatic carbocycles. The van der Waals surface area contributed by atoms with Crippen LogP contribution >= 0.6 is 0 Å². The van der Waals surface area contributed by atoms with Crippen molar-refractivity contribution in [1.29, 1.82) is 0 Å². The van der Waals surface area contributed by atoms with Crippen LogP contribution in [0, 0.1) is 5.82 Å². The molecular formula is C14H19FN2O2. The molecule has 0 aliphatic heterocycles. The number of hydrogen-bond acceptors (Lipinski definition) is 3. The van der Waals surface area contributed by atoms with Crippen LogP contribution in [0.25, 0.3) is 0 Å². The minimum absolute atomic E-state index is 0.0871. The van der Waals surface area contributed by atoms with Crippen LogP contribution in [0.5, 0.6) is 5.75 Å². The summed E-state index contributed by atoms with van der Waals surface area (Å²) >= 11 is 0. The van der Waals surface area contributed by atoms with Crippen molar-refractivity contribution >= 4 is 5.91 Å². The van der Waals surface area contributed by atoms with Gasteiger partial charge in [0, 0.05) is 30.8 Å². The standard InChI is InChI=1S/C14H19FN2O2/c1-9(16)12-6-3-10(15)7-13(12)19-8-14(18)17(2)11-4-5-11/h3,6-7,9,11H,4-5,8,16H2,1-2H3/t9-/m0/s1. The average molecular weight is 266 g/mol. The summed E-state index contributed by atoms with van der Waals surface area (Å²) in [6.07, 6.45) is 2.10. The van der Waals surface area contributed by atoms with Crippen LogP contribution in [0.3, 0.4) is 0 Å². The van der Waals surface area contributed by atoms with Crippen molar-refractivity contribution in [3.63, 3.8) is 0 Å². The summed E-state index contributed by atoms with van der Waals surface area (Å²) in [5, 5.41) is 0. The van der Waals surface area contributed by atoms with Crippen LogP contribution in [-0.2, 0) is 4.79 Å². The van der Waals surface area contributed by atoms with Crippen molar-refractivity contribution in [1.82, 2.24) is 4.90 Å². The Bertz CT molecular complexity index is 473. The summed E-state index contributed by atoms with van der Waals surface area (Å²) < 4.78 is 18.6. The fraction of sp³-hybridized carbons (Fsp3) is 0.500. The predicted molar refractivity (Wildman–Crippen MR) is 70.3 cm³/mol. The smallest absolute Gasteiger partial charge is 0.260 e. The van der Waals surface area contributed by atoms with Crippen LogP contribution in [0.2, 0.25) is 0 Å². The van der Waals surface area contributed by atoms with Gasteiger partial charge in [-0.2, -0.15) is 0 Å². The number of likely N-dealkylation sites (N-methyl/N-ethyl adjacent to an activating group) is 1. The van der Waals surface area contributed by atoms with Gasteiger partial charge in [0.2, 0.25) is 0 Å². The number of nitrogens with zero attached hydrogens (tertiary/aromatic N) is 1. The van der Waals surface area contributed by atoms with E-state index in [9.17, 15) is 9.18 Å². The molecule has 0 radical (unpaired) electrons. The first-order chi connectivity index (χ1) is 8.99. The van der Waals surface area contributed by atoms with Crippen molar-refractivity contribution in [3.8, 4) is 5.75 Å². The lowest BCUT2D eigenvalue weighted by molar-refractivity contribution is -0.132. The van der Waals surface area contributed by atoms with E-state index in [0.717, 1.165) is 12.8 Å². The van der Waals surface area contributed by atoms with Gasteiger partial charge in [0.25, 0.3) is 5.91 Å². The summed E-state index contributed by atoms with van der Waals surface area (Å²) in [6.45, 7) is 1.70. The molecule has 4 nitrogen and oxygen atoms in total. The van der Waals surface area contributed by atoms with E-state index in [2.05, 4.69) is 0 Å². The number of nitrogens with two attached hydrogens (primary N) is 1. The Kier molecular flexibility index (Phi) is 4.04. The molecule has 2 N–H and O–H groups in total. The van der Waals surface area contributed by atoms with Crippen molar-refractivity contribution < 1.29 is 13.9 Å². The molecule has 19 heavy (non-hydrogen) atoms. The van der Waals surface area contributed by atoms with Gasteiger partial charge < -0.3 is 15.4 Å². The topological polar surface area (TPSA) is 55.6 Å². The third kappa shape index (κ3) is 3.44. The van der Waals surface area contributed by atoms with Gasteiger partial charge in [-0.3, -0.25) is 4.79 Å². The second kappa shape index (κ2) is 5.57. The van der Waals surface area contributed by atoms with Crippen LogP contribution in [0.4, 0.5) is 4.39 Å². The minimum Gasteiger partial charge on any atom is -0.483 e. The lowest BCUT2D eigenvalue weighted by atomic mass is 10.1. The van der Waals surface area contributed by atoms with E-state index in [0.29, 0.717) is 17.4 Å². The maximum Gasteiger partial charge on any atom is 0.260 e. The van der Waals surface area contributed by atoms with Gasteiger partial charge in [0.05, 0.1) is 0 Å². The maximum atomic E-state index is 13.2. The number of benzene rings is 1. The molecule has 1 aromatic rings. The molecule has 0 unspecified atom stereocenters. The molecule has 0 heterocycles. The molecule has 2 rings (SSSR count). The van der Waals surface area contributed by atoms with Crippen LogP contribution in [0.15, 0.2) is 18.2 Å². The normalized spacial score (nSPS) is 16.0. The van der Waals surface area contributed by atoms with Crippen molar-refractivity contribution in [2.45, 2.75) is 31.8 Å². The summed E-state index contributed by atoms with van der Waals surface area (Å²) in [5.41, 5.74) is 6.49. The van der Waals surface area contributed by atoms with Gasteiger partial charge in [-0.25, -0.2) is 4.39 Å². The van der Waals surface area contributed by atoms with E-state index in [-0.39, 0.29) is 18.6 Å². The monoisotopic (exact) mass is 266 g/mol. The first kappa shape index (κ1) is 13.8. The van der Waals surface area contributed by atoms with Gasteiger partial charge in [-0.15, -0.1) is 0 Å². The van der Waals surface area contributed by atoms with E-state index in [4.69, 9.17) is 10.5 Å². The number of carbonyl (C=O) groups is 1. The second-order valence-electron chi connectivity index (χ2n) is 5.00. The molecule has 0 bridgehead atoms. The quantitative estimate of drug-likeness (QED) is 0.884. The highest BCUT2D eigenvalue weighted by molar-refractivity contribution is 5.78. The molecule has 1 amide bonds. The fourth-order valence-corrected chi connectivity index (χ4v) is 1.92. The molecule has 1 atom stereocenters. The molecule has 0 aromatic heterocycles. The van der Waals surface area contributed by atoms with Crippen molar-refractivity contribution in [3.05, 3.63) is 29.6 Å². The zero-order valence-corrected chi connectivity index (χ0v) is 11.2. The molecular weight excluding hydrogens is 247 g/mol. The number of ether oxygens (including phenoxy) is 1. The van der Waals surface area contributed by atoms with E-state index in [1.54, 1.807) is 24.9 Å². The summed E-state index contributed by atoms with van der Waals surface area (Å²) in [4.78, 5) is 13.5. The zero-order valence-electron chi connectivity index (χ0n) is 11.2. The van der Waals surface area contributed by atoms with Gasteiger partial charge in [0.15, 0.2) is 6.61 Å². The highest BCUT2D eigenvalue weighted by Gasteiger charge is 2.29. The predicted octanol–water partition coefficient (Wildman–Crippen LogP) is 1.85. The zero-order chi connectivity index (χ0) is 14.0. The molecule has 1 fully saturated rings. The Morgan fingerprint density at radius 1 is 1.58 bits per heavy atom. The Hall–Kier alpha value is -1.62. The van der Waals surface area contributed by atoms with Gasteiger partial charge in [-0.05, 0) is 25.8 Å². The number of rotatable bonds is 5. The Labute approximate surface area is 112 Å². The summed E-state index contributed by atoms with van der Waals surface area (Å²) in [5.74, 6) is -0.155. The number of amides is 1. The van der Waals surface area contributed by atoms with Gasteiger partial charge in [0.1, 0.15) is 11.6 Å². The molecule has 104 valence electrons. The lowest BCUT2D eigenvalue weighted by Crippen LogP contribution is -2.33. The molecule has 0 spiro atoms. The maximum absolute atomic E-state index is 13.2. The summed E-state index contributed by atoms with van der Waals surface area (Å²) in [6, 6.07) is 4.26. The van der Waals surface area contributed by atoms with Crippen LogP contribution in [-0.4, -0.2) is 30.5 Å². The van der Waals surface area contributed by atoms with Crippen molar-refractivity contribution in [2.75, 3.05) is 13.7 Å². The lowest BCUT2D eigenvalue weighted by Gasteiger charge is -2.18. The molecule has 5 heteroatoms. The van der Waals surface area contributed by atoms with Crippen LogP contribution < -0.4 is 10.5 Å². The van der Waals surface area contributed by atoms with Crippen LogP contribution in [0.1, 0.15) is 31.4 Å². The summed E-state index contributed by atoms with van der Waals surface area (Å²) in [7, 11) is 1.77. The third-order valence-electron chi connectivity index (χ3n) is 3.31. The number of halogens is 1. The number of carbonyl (C=O) groups excluding carboxylic acids is 1. The first-order valence-electron chi connectivity index (χ1n) is 6.42. The van der Waals surface area contributed by atoms with E-state index in [1.165, 1.54) is 12.1 Å². The first-order valence-corrected chi connectivity index (χ1v) is 6.42. The SMILES string of the molecule is C[C@H](N)c1ccc(F)cc1OCC(=O)N(C)C1CC1. The molecule has 1 saturated carbocycles. The highest BCUT2D eigenvalue weighted by Crippen LogP contribution is 2.27. The highest BCUT2D eigenvalue weighted by atomic mass is 19.1. The number of hydrogen-bond donors (Lipinski definition) is 1. The van der Waals surface area contributed by atoms with E-state index in [1.807, 2.05) is 0 Å². The largest absolute Gasteiger partial charge is 0.483 e. The average Bonchev–Trinajstić information content (AvgIpc) is 3.18. The molecule has 1 aliphatic rings. The van der Waals surface area contributed by atoms with Gasteiger partial charge >= 0.3 is 0 Å².